The van der Waals surface area contributed by atoms with Crippen LogP contribution in [0.5, 0.6) is 0 Å². The van der Waals surface area contributed by atoms with Crippen molar-refractivity contribution in [2.75, 3.05) is 5.32 Å². The van der Waals surface area contributed by atoms with Crippen LogP contribution in [0.2, 0.25) is 5.02 Å². The van der Waals surface area contributed by atoms with Gasteiger partial charge < -0.3 is 5.32 Å². The van der Waals surface area contributed by atoms with Gasteiger partial charge in [-0.3, -0.25) is 14.6 Å². The minimum Gasteiger partial charge on any atom is -0.316 e. The van der Waals surface area contributed by atoms with Gasteiger partial charge in [0.05, 0.1) is 16.9 Å². The summed E-state index contributed by atoms with van der Waals surface area (Å²) in [7, 11) is 0. The molecule has 0 aliphatic heterocycles. The van der Waals surface area contributed by atoms with Crippen LogP contribution in [0.4, 0.5) is 5.69 Å². The SMILES string of the molecule is O=C(N/N=C\c1ccncc1)C(=O)Nc1ccccc1Cl. The largest absolute Gasteiger partial charge is 0.329 e. The molecule has 0 unspecified atom stereocenters. The molecule has 2 aromatic rings. The van der Waals surface area contributed by atoms with Crippen molar-refractivity contribution in [1.29, 1.82) is 0 Å². The molecule has 6 nitrogen and oxygen atoms in total. The van der Waals surface area contributed by atoms with E-state index in [2.05, 4.69) is 20.8 Å². The molecular weight excluding hydrogens is 292 g/mol. The highest BCUT2D eigenvalue weighted by molar-refractivity contribution is 6.41. The van der Waals surface area contributed by atoms with Gasteiger partial charge in [-0.25, -0.2) is 5.43 Å². The normalized spacial score (nSPS) is 10.3. The Kier molecular flexibility index (Phi) is 5.00. The molecule has 7 heteroatoms. The van der Waals surface area contributed by atoms with Gasteiger partial charge in [0.1, 0.15) is 0 Å². The molecule has 2 amide bonds. The number of carbonyl (C=O) groups is 2. The monoisotopic (exact) mass is 302 g/mol. The molecule has 0 bridgehead atoms. The van der Waals surface area contributed by atoms with Crippen molar-refractivity contribution in [3.8, 4) is 0 Å². The van der Waals surface area contributed by atoms with Crippen molar-refractivity contribution in [3.05, 3.63) is 59.4 Å². The Morgan fingerprint density at radius 3 is 2.52 bits per heavy atom. The lowest BCUT2D eigenvalue weighted by molar-refractivity contribution is -0.136. The van der Waals surface area contributed by atoms with E-state index >= 15 is 0 Å². The zero-order valence-corrected chi connectivity index (χ0v) is 11.5. The molecule has 0 fully saturated rings. The standard InChI is InChI=1S/C14H11ClN4O2/c15-11-3-1-2-4-12(11)18-13(20)14(21)19-17-9-10-5-7-16-8-6-10/h1-9H,(H,18,20)(H,19,21)/b17-9-. The van der Waals surface area contributed by atoms with Gasteiger partial charge in [0.15, 0.2) is 0 Å². The van der Waals surface area contributed by atoms with Crippen LogP contribution in [-0.2, 0) is 9.59 Å². The number of hydrogen-bond donors (Lipinski definition) is 2. The minimum atomic E-state index is -0.889. The van der Waals surface area contributed by atoms with E-state index in [0.717, 1.165) is 5.56 Å². The molecule has 2 N–H and O–H groups in total. The molecular formula is C14H11ClN4O2. The first-order valence-electron chi connectivity index (χ1n) is 5.96. The number of halogens is 1. The van der Waals surface area contributed by atoms with Crippen LogP contribution in [0.1, 0.15) is 5.56 Å². The smallest absolute Gasteiger partial charge is 0.316 e. The summed E-state index contributed by atoms with van der Waals surface area (Å²) in [5.41, 5.74) is 3.23. The lowest BCUT2D eigenvalue weighted by Crippen LogP contribution is -2.32. The fourth-order valence-corrected chi connectivity index (χ4v) is 1.59. The van der Waals surface area contributed by atoms with Crippen LogP contribution < -0.4 is 10.7 Å². The van der Waals surface area contributed by atoms with Gasteiger partial charge in [-0.2, -0.15) is 5.10 Å². The highest BCUT2D eigenvalue weighted by Gasteiger charge is 2.13. The molecule has 0 spiro atoms. The van der Waals surface area contributed by atoms with Crippen molar-refractivity contribution in [2.24, 2.45) is 5.10 Å². The van der Waals surface area contributed by atoms with Crippen LogP contribution >= 0.6 is 11.6 Å². The Bertz CT molecular complexity index is 674. The van der Waals surface area contributed by atoms with Crippen LogP contribution in [0.3, 0.4) is 0 Å². The van der Waals surface area contributed by atoms with Crippen molar-refractivity contribution >= 4 is 35.3 Å². The Labute approximate surface area is 125 Å². The van der Waals surface area contributed by atoms with E-state index in [-0.39, 0.29) is 0 Å². The van der Waals surface area contributed by atoms with Crippen LogP contribution in [0.15, 0.2) is 53.9 Å². The van der Waals surface area contributed by atoms with E-state index in [1.54, 1.807) is 48.8 Å². The second-order valence-electron chi connectivity index (χ2n) is 3.91. The molecule has 2 rings (SSSR count). The molecule has 1 aromatic heterocycles. The molecule has 0 aliphatic rings. The van der Waals surface area contributed by atoms with Gasteiger partial charge in [0.25, 0.3) is 0 Å². The molecule has 0 saturated carbocycles. The molecule has 1 heterocycles. The topological polar surface area (TPSA) is 83.5 Å². The molecule has 0 aliphatic carbocycles. The first kappa shape index (κ1) is 14.7. The summed E-state index contributed by atoms with van der Waals surface area (Å²) >= 11 is 5.88. The molecule has 0 radical (unpaired) electrons. The van der Waals surface area contributed by atoms with Gasteiger partial charge in [-0.05, 0) is 29.8 Å². The molecule has 1 aromatic carbocycles. The summed E-state index contributed by atoms with van der Waals surface area (Å²) in [6.07, 6.45) is 4.59. The number of carbonyl (C=O) groups excluding carboxylic acids is 2. The predicted molar refractivity (Wildman–Crippen MR) is 80.1 cm³/mol. The number of nitrogens with one attached hydrogen (secondary N) is 2. The van der Waals surface area contributed by atoms with E-state index in [9.17, 15) is 9.59 Å². The van der Waals surface area contributed by atoms with Crippen molar-refractivity contribution in [3.63, 3.8) is 0 Å². The summed E-state index contributed by atoms with van der Waals surface area (Å²) in [6.45, 7) is 0. The number of hydrazone groups is 1. The zero-order valence-electron chi connectivity index (χ0n) is 10.8. The number of anilines is 1. The molecule has 21 heavy (non-hydrogen) atoms. The maximum atomic E-state index is 11.6. The number of hydrogen-bond acceptors (Lipinski definition) is 4. The van der Waals surface area contributed by atoms with Gasteiger partial charge in [0, 0.05) is 12.4 Å². The molecule has 0 saturated heterocycles. The third-order valence-electron chi connectivity index (χ3n) is 2.41. The van der Waals surface area contributed by atoms with Crippen LogP contribution in [0, 0.1) is 0 Å². The first-order chi connectivity index (χ1) is 10.2. The fraction of sp³-hybridized carbons (Fsp3) is 0. The van der Waals surface area contributed by atoms with Crippen LogP contribution in [0.25, 0.3) is 0 Å². The number of rotatable bonds is 3. The van der Waals surface area contributed by atoms with E-state index < -0.39 is 11.8 Å². The summed E-state index contributed by atoms with van der Waals surface area (Å²) in [5.74, 6) is -1.74. The van der Waals surface area contributed by atoms with Gasteiger partial charge in [-0.1, -0.05) is 23.7 Å². The van der Waals surface area contributed by atoms with Gasteiger partial charge >= 0.3 is 11.8 Å². The summed E-state index contributed by atoms with van der Waals surface area (Å²) in [4.78, 5) is 27.0. The summed E-state index contributed by atoms with van der Waals surface area (Å²) in [5, 5.41) is 6.42. The highest BCUT2D eigenvalue weighted by Crippen LogP contribution is 2.19. The number of pyridine rings is 1. The van der Waals surface area contributed by atoms with E-state index in [1.165, 1.54) is 6.21 Å². The Hall–Kier alpha value is -2.73. The predicted octanol–water partition coefficient (Wildman–Crippen LogP) is 1.82. The number of aromatic nitrogens is 1. The number of amides is 2. The third-order valence-corrected chi connectivity index (χ3v) is 2.74. The van der Waals surface area contributed by atoms with E-state index in [1.807, 2.05) is 0 Å². The molecule has 0 atom stereocenters. The lowest BCUT2D eigenvalue weighted by atomic mass is 10.3. The van der Waals surface area contributed by atoms with Crippen molar-refractivity contribution < 1.29 is 9.59 Å². The maximum absolute atomic E-state index is 11.6. The quantitative estimate of drug-likeness (QED) is 0.515. The average molecular weight is 303 g/mol. The second-order valence-corrected chi connectivity index (χ2v) is 4.32. The van der Waals surface area contributed by atoms with Crippen molar-refractivity contribution in [2.45, 2.75) is 0 Å². The number of para-hydroxylation sites is 1. The van der Waals surface area contributed by atoms with E-state index in [0.29, 0.717) is 10.7 Å². The third kappa shape index (κ3) is 4.39. The second kappa shape index (κ2) is 7.16. The fourth-order valence-electron chi connectivity index (χ4n) is 1.41. The Morgan fingerprint density at radius 1 is 1.10 bits per heavy atom. The summed E-state index contributed by atoms with van der Waals surface area (Å²) < 4.78 is 0. The average Bonchev–Trinajstić information content (AvgIpc) is 2.50. The Balaban J connectivity index is 1.90. The highest BCUT2D eigenvalue weighted by atomic mass is 35.5. The summed E-state index contributed by atoms with van der Waals surface area (Å²) in [6, 6.07) is 10.0. The lowest BCUT2D eigenvalue weighted by Gasteiger charge is -2.05. The van der Waals surface area contributed by atoms with Gasteiger partial charge in [0.2, 0.25) is 0 Å². The van der Waals surface area contributed by atoms with E-state index in [4.69, 9.17) is 11.6 Å². The first-order valence-corrected chi connectivity index (χ1v) is 6.33. The number of nitrogens with zero attached hydrogens (tertiary/aromatic N) is 2. The molecule has 106 valence electrons. The zero-order chi connectivity index (χ0) is 15.1. The minimum absolute atomic E-state index is 0.346. The van der Waals surface area contributed by atoms with Crippen LogP contribution in [-0.4, -0.2) is 23.0 Å². The number of benzene rings is 1. The van der Waals surface area contributed by atoms with Gasteiger partial charge in [-0.15, -0.1) is 0 Å². The van der Waals surface area contributed by atoms with Crippen molar-refractivity contribution in [1.82, 2.24) is 10.4 Å². The maximum Gasteiger partial charge on any atom is 0.329 e. The Morgan fingerprint density at radius 2 is 1.81 bits per heavy atom.